The Bertz CT molecular complexity index is 727. The van der Waals surface area contributed by atoms with E-state index in [0.29, 0.717) is 11.4 Å². The van der Waals surface area contributed by atoms with Gasteiger partial charge in [-0.2, -0.15) is 0 Å². The number of nitrogens with one attached hydrogen (secondary N) is 1. The summed E-state index contributed by atoms with van der Waals surface area (Å²) in [4.78, 5) is 15.5. The number of carboxylic acids is 1. The minimum absolute atomic E-state index is 0.0575. The van der Waals surface area contributed by atoms with Gasteiger partial charge < -0.3 is 5.11 Å². The van der Waals surface area contributed by atoms with Crippen molar-refractivity contribution in [1.29, 1.82) is 0 Å². The van der Waals surface area contributed by atoms with Gasteiger partial charge in [-0.25, -0.2) is 22.3 Å². The summed E-state index contributed by atoms with van der Waals surface area (Å²) in [6, 6.07) is 2.95. The van der Waals surface area contributed by atoms with E-state index in [4.69, 9.17) is 5.11 Å². The van der Waals surface area contributed by atoms with E-state index in [1.807, 2.05) is 0 Å². The van der Waals surface area contributed by atoms with Crippen LogP contribution in [0.5, 0.6) is 0 Å². The van der Waals surface area contributed by atoms with E-state index >= 15 is 0 Å². The van der Waals surface area contributed by atoms with Crippen LogP contribution < -0.4 is 4.72 Å². The van der Waals surface area contributed by atoms with Crippen molar-refractivity contribution < 1.29 is 22.7 Å². The van der Waals surface area contributed by atoms with Gasteiger partial charge in [0.1, 0.15) is 5.67 Å². The molecule has 2 fully saturated rings. The van der Waals surface area contributed by atoms with Crippen LogP contribution in [-0.4, -0.2) is 35.9 Å². The lowest BCUT2D eigenvalue weighted by molar-refractivity contribution is 0.0694. The molecule has 0 amide bonds. The van der Waals surface area contributed by atoms with E-state index in [-0.39, 0.29) is 30.9 Å². The van der Waals surface area contributed by atoms with Gasteiger partial charge in [-0.3, -0.25) is 4.98 Å². The topological polar surface area (TPSA) is 96.4 Å². The molecule has 2 aliphatic rings. The van der Waals surface area contributed by atoms with Gasteiger partial charge in [-0.05, 0) is 44.2 Å². The number of hydrogen-bond donors (Lipinski definition) is 2. The molecule has 0 bridgehead atoms. The second-order valence-electron chi connectivity index (χ2n) is 6.40. The maximum absolute atomic E-state index is 13.9. The predicted molar refractivity (Wildman–Crippen MR) is 81.5 cm³/mol. The van der Waals surface area contributed by atoms with Crippen LogP contribution in [0.4, 0.5) is 4.39 Å². The Morgan fingerprint density at radius 1 is 1.39 bits per heavy atom. The first-order chi connectivity index (χ1) is 10.8. The lowest BCUT2D eigenvalue weighted by Gasteiger charge is -2.33. The summed E-state index contributed by atoms with van der Waals surface area (Å²) in [7, 11) is -3.72. The molecule has 0 aliphatic heterocycles. The first-order valence-corrected chi connectivity index (χ1v) is 9.33. The molecule has 8 heteroatoms. The van der Waals surface area contributed by atoms with E-state index in [9.17, 15) is 17.6 Å². The average Bonchev–Trinajstić information content (AvgIpc) is 3.27. The number of halogens is 1. The minimum Gasteiger partial charge on any atom is -0.478 e. The Hall–Kier alpha value is -1.54. The lowest BCUT2D eigenvalue weighted by Crippen LogP contribution is -2.43. The Morgan fingerprint density at radius 3 is 2.61 bits per heavy atom. The van der Waals surface area contributed by atoms with Crippen molar-refractivity contribution in [1.82, 2.24) is 9.71 Å². The number of rotatable bonds is 7. The Kier molecular flexibility index (Phi) is 4.14. The number of carboxylic acid groups (broad SMARTS) is 1. The van der Waals surface area contributed by atoms with Gasteiger partial charge in [0.15, 0.2) is 0 Å². The van der Waals surface area contributed by atoms with Crippen LogP contribution in [0.3, 0.4) is 0 Å². The lowest BCUT2D eigenvalue weighted by atomic mass is 9.84. The molecule has 0 spiro atoms. The van der Waals surface area contributed by atoms with Crippen LogP contribution >= 0.6 is 0 Å². The molecule has 0 aromatic carbocycles. The molecule has 6 nitrogen and oxygen atoms in total. The van der Waals surface area contributed by atoms with Gasteiger partial charge in [0.05, 0.1) is 29.2 Å². The molecule has 0 saturated heterocycles. The molecule has 1 aromatic rings. The third kappa shape index (κ3) is 3.87. The SMILES string of the molecule is O=C(O)c1ccc(CNS(=O)(=O)CC2(F)CCC2)nc1C1CC1. The fourth-order valence-electron chi connectivity index (χ4n) is 2.74. The van der Waals surface area contributed by atoms with Crippen molar-refractivity contribution in [3.05, 3.63) is 29.1 Å². The van der Waals surface area contributed by atoms with Gasteiger partial charge in [0, 0.05) is 5.92 Å². The second kappa shape index (κ2) is 5.83. The molecule has 126 valence electrons. The highest BCUT2D eigenvalue weighted by atomic mass is 32.2. The number of nitrogens with zero attached hydrogens (tertiary/aromatic N) is 1. The maximum atomic E-state index is 13.9. The molecule has 23 heavy (non-hydrogen) atoms. The molecular weight excluding hydrogens is 323 g/mol. The molecule has 0 radical (unpaired) electrons. The van der Waals surface area contributed by atoms with Crippen LogP contribution in [-0.2, 0) is 16.6 Å². The fourth-order valence-corrected chi connectivity index (χ4v) is 4.18. The summed E-state index contributed by atoms with van der Waals surface area (Å²) < 4.78 is 40.2. The van der Waals surface area contributed by atoms with E-state index in [2.05, 4.69) is 9.71 Å². The smallest absolute Gasteiger partial charge is 0.337 e. The van der Waals surface area contributed by atoms with Gasteiger partial charge in [0.25, 0.3) is 0 Å². The number of alkyl halides is 1. The zero-order valence-electron chi connectivity index (χ0n) is 12.6. The molecule has 2 saturated carbocycles. The summed E-state index contributed by atoms with van der Waals surface area (Å²) in [6.45, 7) is -0.0575. The Labute approximate surface area is 134 Å². The third-order valence-corrected chi connectivity index (χ3v) is 5.83. The normalized spacial score (nSPS) is 20.0. The largest absolute Gasteiger partial charge is 0.478 e. The number of hydrogen-bond acceptors (Lipinski definition) is 4. The first kappa shape index (κ1) is 16.3. The first-order valence-electron chi connectivity index (χ1n) is 7.67. The van der Waals surface area contributed by atoms with Gasteiger partial charge in [-0.1, -0.05) is 0 Å². The van der Waals surface area contributed by atoms with Gasteiger partial charge in [0.2, 0.25) is 10.0 Å². The zero-order valence-corrected chi connectivity index (χ0v) is 13.4. The van der Waals surface area contributed by atoms with Crippen LogP contribution in [0.2, 0.25) is 0 Å². The average molecular weight is 342 g/mol. The van der Waals surface area contributed by atoms with Crippen molar-refractivity contribution in [3.8, 4) is 0 Å². The molecule has 2 aliphatic carbocycles. The maximum Gasteiger partial charge on any atom is 0.337 e. The third-order valence-electron chi connectivity index (χ3n) is 4.35. The summed E-state index contributed by atoms with van der Waals surface area (Å²) in [5.74, 6) is -1.42. The minimum atomic E-state index is -3.72. The molecule has 1 heterocycles. The highest BCUT2D eigenvalue weighted by Crippen LogP contribution is 2.40. The standard InChI is InChI=1S/C15H19FN2O4S/c16-15(6-1-7-15)9-23(21,22)17-8-11-4-5-12(14(19)20)13(18-11)10-2-3-10/h4-5,10,17H,1-3,6-9H2,(H,19,20). The molecule has 2 N–H and O–H groups in total. The van der Waals surface area contributed by atoms with Crippen molar-refractivity contribution in [2.45, 2.75) is 50.2 Å². The number of pyridine rings is 1. The summed E-state index contributed by atoms with van der Waals surface area (Å²) in [6.07, 6.45) is 3.07. The van der Waals surface area contributed by atoms with Gasteiger partial charge in [-0.15, -0.1) is 0 Å². The fraction of sp³-hybridized carbons (Fsp3) is 0.600. The Balaban J connectivity index is 1.68. The zero-order chi connectivity index (χ0) is 16.7. The van der Waals surface area contributed by atoms with Crippen molar-refractivity contribution in [2.24, 2.45) is 0 Å². The quantitative estimate of drug-likeness (QED) is 0.790. The number of carbonyl (C=O) groups is 1. The molecule has 0 atom stereocenters. The van der Waals surface area contributed by atoms with Crippen molar-refractivity contribution in [2.75, 3.05) is 5.75 Å². The van der Waals surface area contributed by atoms with Gasteiger partial charge >= 0.3 is 5.97 Å². The number of sulfonamides is 1. The predicted octanol–water partition coefficient (Wildman–Crippen LogP) is 1.97. The van der Waals surface area contributed by atoms with E-state index < -0.39 is 27.4 Å². The van der Waals surface area contributed by atoms with Crippen LogP contribution in [0.15, 0.2) is 12.1 Å². The highest BCUT2D eigenvalue weighted by Gasteiger charge is 2.41. The van der Waals surface area contributed by atoms with Crippen LogP contribution in [0.25, 0.3) is 0 Å². The van der Waals surface area contributed by atoms with E-state index in [1.165, 1.54) is 12.1 Å². The van der Waals surface area contributed by atoms with Crippen LogP contribution in [0.1, 0.15) is 59.8 Å². The highest BCUT2D eigenvalue weighted by molar-refractivity contribution is 7.89. The van der Waals surface area contributed by atoms with E-state index in [1.54, 1.807) is 0 Å². The molecule has 0 unspecified atom stereocenters. The number of aromatic carboxylic acids is 1. The van der Waals surface area contributed by atoms with E-state index in [0.717, 1.165) is 19.3 Å². The monoisotopic (exact) mass is 342 g/mol. The summed E-state index contributed by atoms with van der Waals surface area (Å²) >= 11 is 0. The van der Waals surface area contributed by atoms with Crippen molar-refractivity contribution >= 4 is 16.0 Å². The second-order valence-corrected chi connectivity index (χ2v) is 8.21. The molecular formula is C15H19FN2O4S. The van der Waals surface area contributed by atoms with Crippen molar-refractivity contribution in [3.63, 3.8) is 0 Å². The summed E-state index contributed by atoms with van der Waals surface area (Å²) in [5.41, 5.74) is -0.487. The van der Waals surface area contributed by atoms with Crippen LogP contribution in [0, 0.1) is 0 Å². The number of aromatic nitrogens is 1. The summed E-state index contributed by atoms with van der Waals surface area (Å²) in [5, 5.41) is 9.16. The molecule has 1 aromatic heterocycles. The molecule has 3 rings (SSSR count). The Morgan fingerprint density at radius 2 is 2.09 bits per heavy atom.